The van der Waals surface area contributed by atoms with Crippen molar-refractivity contribution in [3.63, 3.8) is 0 Å². The minimum Gasteiger partial charge on any atom is -0.497 e. The van der Waals surface area contributed by atoms with Crippen LogP contribution < -0.4 is 4.74 Å². The third kappa shape index (κ3) is 5.61. The van der Waals surface area contributed by atoms with Gasteiger partial charge in [-0.3, -0.25) is 9.59 Å². The molecule has 0 aromatic heterocycles. The first-order chi connectivity index (χ1) is 15.1. The van der Waals surface area contributed by atoms with Crippen LogP contribution in [0.1, 0.15) is 82.2 Å². The van der Waals surface area contributed by atoms with Crippen LogP contribution in [0.15, 0.2) is 24.3 Å². The third-order valence-corrected chi connectivity index (χ3v) is 7.67. The predicted octanol–water partition coefficient (Wildman–Crippen LogP) is 4.96. The van der Waals surface area contributed by atoms with Crippen molar-refractivity contribution in [1.29, 1.82) is 0 Å². The Balaban J connectivity index is 1.26. The van der Waals surface area contributed by atoms with E-state index in [0.717, 1.165) is 57.5 Å². The van der Waals surface area contributed by atoms with E-state index in [1.807, 2.05) is 12.1 Å². The van der Waals surface area contributed by atoms with E-state index in [9.17, 15) is 9.59 Å². The standard InChI is InChI=1S/C26H38N2O3/c1-31-23-10-5-9-22(19-23)24-11-6-14-28(24)26(30)18-21-12-15-27(16-13-21)25(29)17-20-7-3-2-4-8-20/h5,9-10,19-21,24H,2-4,6-8,11-18H2,1H3. The first-order valence-electron chi connectivity index (χ1n) is 12.3. The zero-order valence-corrected chi connectivity index (χ0v) is 19.1. The van der Waals surface area contributed by atoms with Gasteiger partial charge in [0.2, 0.25) is 11.8 Å². The second-order valence-corrected chi connectivity index (χ2v) is 9.76. The Morgan fingerprint density at radius 3 is 2.32 bits per heavy atom. The van der Waals surface area contributed by atoms with Gasteiger partial charge in [0.25, 0.3) is 0 Å². The Hall–Kier alpha value is -2.04. The average molecular weight is 427 g/mol. The van der Waals surface area contributed by atoms with Crippen molar-refractivity contribution in [3.05, 3.63) is 29.8 Å². The fourth-order valence-corrected chi connectivity index (χ4v) is 5.78. The van der Waals surface area contributed by atoms with Gasteiger partial charge in [0.1, 0.15) is 5.75 Å². The molecule has 1 aromatic carbocycles. The quantitative estimate of drug-likeness (QED) is 0.646. The molecule has 1 aliphatic carbocycles. The minimum absolute atomic E-state index is 0.166. The summed E-state index contributed by atoms with van der Waals surface area (Å²) < 4.78 is 5.37. The number of carbonyl (C=O) groups excluding carboxylic acids is 2. The number of benzene rings is 1. The van der Waals surface area contributed by atoms with Crippen LogP contribution in [0, 0.1) is 11.8 Å². The molecule has 4 rings (SSSR count). The number of nitrogens with zero attached hydrogens (tertiary/aromatic N) is 2. The van der Waals surface area contributed by atoms with Crippen LogP contribution in [0.3, 0.4) is 0 Å². The Bertz CT molecular complexity index is 751. The van der Waals surface area contributed by atoms with E-state index in [2.05, 4.69) is 21.9 Å². The molecule has 1 atom stereocenters. The van der Waals surface area contributed by atoms with Crippen LogP contribution in [0.2, 0.25) is 0 Å². The summed E-state index contributed by atoms with van der Waals surface area (Å²) in [7, 11) is 1.68. The maximum atomic E-state index is 13.1. The molecule has 0 spiro atoms. The maximum absolute atomic E-state index is 13.1. The van der Waals surface area contributed by atoms with Gasteiger partial charge in [0, 0.05) is 32.5 Å². The minimum atomic E-state index is 0.166. The molecule has 1 saturated carbocycles. The molecule has 31 heavy (non-hydrogen) atoms. The average Bonchev–Trinajstić information content (AvgIpc) is 3.30. The summed E-state index contributed by atoms with van der Waals surface area (Å²) in [4.78, 5) is 30.0. The Morgan fingerprint density at radius 1 is 0.871 bits per heavy atom. The molecule has 0 radical (unpaired) electrons. The van der Waals surface area contributed by atoms with Gasteiger partial charge in [-0.2, -0.15) is 0 Å². The topological polar surface area (TPSA) is 49.9 Å². The summed E-state index contributed by atoms with van der Waals surface area (Å²) >= 11 is 0. The highest BCUT2D eigenvalue weighted by Crippen LogP contribution is 2.35. The molecular weight excluding hydrogens is 388 g/mol. The number of ether oxygens (including phenoxy) is 1. The fourth-order valence-electron chi connectivity index (χ4n) is 5.78. The molecule has 1 unspecified atom stereocenters. The third-order valence-electron chi connectivity index (χ3n) is 7.67. The van der Waals surface area contributed by atoms with E-state index in [1.54, 1.807) is 7.11 Å². The smallest absolute Gasteiger partial charge is 0.223 e. The molecule has 2 amide bonds. The molecule has 2 heterocycles. The predicted molar refractivity (Wildman–Crippen MR) is 122 cm³/mol. The molecule has 2 aliphatic heterocycles. The maximum Gasteiger partial charge on any atom is 0.223 e. The zero-order valence-electron chi connectivity index (χ0n) is 19.1. The molecule has 3 aliphatic rings. The first kappa shape index (κ1) is 22.2. The Kier molecular flexibility index (Phi) is 7.52. The Morgan fingerprint density at radius 2 is 1.58 bits per heavy atom. The first-order valence-corrected chi connectivity index (χ1v) is 12.3. The molecule has 1 aromatic rings. The van der Waals surface area contributed by atoms with E-state index >= 15 is 0 Å². The highest BCUT2D eigenvalue weighted by Gasteiger charge is 2.33. The van der Waals surface area contributed by atoms with Gasteiger partial charge in [0.05, 0.1) is 13.2 Å². The van der Waals surface area contributed by atoms with Crippen molar-refractivity contribution in [2.75, 3.05) is 26.7 Å². The van der Waals surface area contributed by atoms with E-state index in [-0.39, 0.29) is 11.9 Å². The SMILES string of the molecule is COc1cccc(C2CCCN2C(=O)CC2CCN(C(=O)CC3CCCCC3)CC2)c1. The molecule has 5 heteroatoms. The number of amides is 2. The monoisotopic (exact) mass is 426 g/mol. The number of carbonyl (C=O) groups is 2. The van der Waals surface area contributed by atoms with E-state index < -0.39 is 0 Å². The van der Waals surface area contributed by atoms with Gasteiger partial charge in [-0.25, -0.2) is 0 Å². The molecular formula is C26H38N2O3. The van der Waals surface area contributed by atoms with Gasteiger partial charge < -0.3 is 14.5 Å². The number of methoxy groups -OCH3 is 1. The van der Waals surface area contributed by atoms with Crippen LogP contribution in [-0.4, -0.2) is 48.4 Å². The summed E-state index contributed by atoms with van der Waals surface area (Å²) in [6.07, 6.45) is 11.7. The van der Waals surface area contributed by atoms with Gasteiger partial charge >= 0.3 is 0 Å². The van der Waals surface area contributed by atoms with Crippen molar-refractivity contribution in [1.82, 2.24) is 9.80 Å². The summed E-state index contributed by atoms with van der Waals surface area (Å²) in [5.41, 5.74) is 1.17. The van der Waals surface area contributed by atoms with E-state index in [1.165, 1.54) is 37.7 Å². The number of piperidine rings is 1. The molecule has 5 nitrogen and oxygen atoms in total. The lowest BCUT2D eigenvalue weighted by molar-refractivity contribution is -0.135. The lowest BCUT2D eigenvalue weighted by Gasteiger charge is -2.34. The molecule has 2 saturated heterocycles. The zero-order chi connectivity index (χ0) is 21.6. The highest BCUT2D eigenvalue weighted by atomic mass is 16.5. The van der Waals surface area contributed by atoms with E-state index in [4.69, 9.17) is 4.74 Å². The van der Waals surface area contributed by atoms with Crippen molar-refractivity contribution in [3.8, 4) is 5.75 Å². The number of rotatable bonds is 6. The van der Waals surface area contributed by atoms with Crippen molar-refractivity contribution in [2.24, 2.45) is 11.8 Å². The number of hydrogen-bond acceptors (Lipinski definition) is 3. The molecule has 170 valence electrons. The number of likely N-dealkylation sites (tertiary alicyclic amines) is 2. The lowest BCUT2D eigenvalue weighted by atomic mass is 9.86. The van der Waals surface area contributed by atoms with Crippen molar-refractivity contribution in [2.45, 2.75) is 76.7 Å². The van der Waals surface area contributed by atoms with E-state index in [0.29, 0.717) is 24.2 Å². The molecule has 0 N–H and O–H groups in total. The van der Waals surface area contributed by atoms with Gasteiger partial charge in [-0.1, -0.05) is 31.4 Å². The van der Waals surface area contributed by atoms with Crippen molar-refractivity contribution < 1.29 is 14.3 Å². The van der Waals surface area contributed by atoms with Crippen LogP contribution in [0.5, 0.6) is 5.75 Å². The lowest BCUT2D eigenvalue weighted by Crippen LogP contribution is -2.41. The molecule has 0 bridgehead atoms. The summed E-state index contributed by atoms with van der Waals surface area (Å²) in [5.74, 6) is 2.47. The fraction of sp³-hybridized carbons (Fsp3) is 0.692. The van der Waals surface area contributed by atoms with Crippen molar-refractivity contribution >= 4 is 11.8 Å². The summed E-state index contributed by atoms with van der Waals surface area (Å²) in [5, 5.41) is 0. The van der Waals surface area contributed by atoms with Crippen LogP contribution in [0.25, 0.3) is 0 Å². The van der Waals surface area contributed by atoms with Crippen LogP contribution in [-0.2, 0) is 9.59 Å². The van der Waals surface area contributed by atoms with Gasteiger partial charge in [0.15, 0.2) is 0 Å². The van der Waals surface area contributed by atoms with Crippen LogP contribution in [0.4, 0.5) is 0 Å². The highest BCUT2D eigenvalue weighted by molar-refractivity contribution is 5.78. The Labute approximate surface area is 187 Å². The second kappa shape index (κ2) is 10.5. The molecule has 3 fully saturated rings. The largest absolute Gasteiger partial charge is 0.497 e. The summed E-state index contributed by atoms with van der Waals surface area (Å²) in [6.45, 7) is 2.49. The van der Waals surface area contributed by atoms with Gasteiger partial charge in [-0.05, 0) is 68.1 Å². The summed E-state index contributed by atoms with van der Waals surface area (Å²) in [6, 6.07) is 8.30. The number of hydrogen-bond donors (Lipinski definition) is 0. The second-order valence-electron chi connectivity index (χ2n) is 9.76. The van der Waals surface area contributed by atoms with Gasteiger partial charge in [-0.15, -0.1) is 0 Å². The normalized spacial score (nSPS) is 23.2. The van der Waals surface area contributed by atoms with Crippen LogP contribution >= 0.6 is 0 Å².